The highest BCUT2D eigenvalue weighted by Crippen LogP contribution is 2.30. The van der Waals surface area contributed by atoms with Crippen molar-refractivity contribution in [1.29, 1.82) is 0 Å². The van der Waals surface area contributed by atoms with E-state index in [0.717, 1.165) is 18.2 Å². The highest BCUT2D eigenvalue weighted by molar-refractivity contribution is 5.97. The van der Waals surface area contributed by atoms with Crippen LogP contribution in [0.25, 0.3) is 6.08 Å². The number of nitrogens with one attached hydrogen (secondary N) is 1. The van der Waals surface area contributed by atoms with Crippen molar-refractivity contribution in [1.82, 2.24) is 0 Å². The second kappa shape index (κ2) is 7.68. The maximum atomic E-state index is 11.9. The lowest BCUT2D eigenvalue weighted by atomic mass is 10.2. The average Bonchev–Trinajstić information content (AvgIpc) is 2.61. The highest BCUT2D eigenvalue weighted by Gasteiger charge is 2.22. The van der Waals surface area contributed by atoms with Crippen molar-refractivity contribution >= 4 is 29.1 Å². The monoisotopic (exact) mass is 343 g/mol. The number of non-ortho nitro benzene ring substituents is 1. The van der Waals surface area contributed by atoms with Crippen molar-refractivity contribution in [2.24, 2.45) is 0 Å². The fourth-order valence-corrected chi connectivity index (χ4v) is 2.01. The van der Waals surface area contributed by atoms with Gasteiger partial charge in [0.1, 0.15) is 11.4 Å². The number of esters is 1. The Kier molecular flexibility index (Phi) is 5.41. The molecule has 0 amide bonds. The van der Waals surface area contributed by atoms with Crippen LogP contribution in [-0.4, -0.2) is 22.9 Å². The van der Waals surface area contributed by atoms with Crippen LogP contribution in [0.15, 0.2) is 54.2 Å². The van der Waals surface area contributed by atoms with Gasteiger partial charge in [-0.25, -0.2) is 4.79 Å². The lowest BCUT2D eigenvalue weighted by molar-refractivity contribution is -0.393. The number of ether oxygens (including phenoxy) is 1. The summed E-state index contributed by atoms with van der Waals surface area (Å²) in [7, 11) is 1.17. The second-order valence-corrected chi connectivity index (χ2v) is 4.80. The van der Waals surface area contributed by atoms with Gasteiger partial charge in [0.25, 0.3) is 11.4 Å². The van der Waals surface area contributed by atoms with E-state index in [1.807, 2.05) is 0 Å². The van der Waals surface area contributed by atoms with Crippen molar-refractivity contribution in [2.75, 3.05) is 12.4 Å². The summed E-state index contributed by atoms with van der Waals surface area (Å²) in [5.74, 6) is -0.739. The molecule has 0 fully saturated rings. The number of nitro benzene ring substituents is 2. The van der Waals surface area contributed by atoms with Gasteiger partial charge in [-0.2, -0.15) is 0 Å². The minimum atomic E-state index is -0.771. The number of methoxy groups -OCH3 is 1. The molecule has 1 N–H and O–H groups in total. The van der Waals surface area contributed by atoms with Gasteiger partial charge in [-0.3, -0.25) is 20.2 Å². The number of hydrogen-bond donors (Lipinski definition) is 1. The Morgan fingerprint density at radius 3 is 2.32 bits per heavy atom. The van der Waals surface area contributed by atoms with Gasteiger partial charge in [0, 0.05) is 6.07 Å². The van der Waals surface area contributed by atoms with E-state index < -0.39 is 27.2 Å². The van der Waals surface area contributed by atoms with E-state index >= 15 is 0 Å². The van der Waals surface area contributed by atoms with Crippen molar-refractivity contribution < 1.29 is 19.4 Å². The summed E-state index contributed by atoms with van der Waals surface area (Å²) < 4.78 is 4.67. The molecule has 0 heterocycles. The Hall–Kier alpha value is -3.75. The van der Waals surface area contributed by atoms with Gasteiger partial charge in [0.2, 0.25) is 0 Å². The lowest BCUT2D eigenvalue weighted by Gasteiger charge is -2.10. The first-order valence-electron chi connectivity index (χ1n) is 6.97. The minimum absolute atomic E-state index is 0.0503. The third-order valence-corrected chi connectivity index (χ3v) is 3.17. The Morgan fingerprint density at radius 1 is 1.08 bits per heavy atom. The van der Waals surface area contributed by atoms with Crippen molar-refractivity contribution in [3.63, 3.8) is 0 Å². The number of carbonyl (C=O) groups is 1. The summed E-state index contributed by atoms with van der Waals surface area (Å²) in [5, 5.41) is 24.6. The first kappa shape index (κ1) is 17.6. The van der Waals surface area contributed by atoms with Crippen LogP contribution in [-0.2, 0) is 9.53 Å². The number of anilines is 1. The summed E-state index contributed by atoms with van der Waals surface area (Å²) in [6.07, 6.45) is 1.46. The highest BCUT2D eigenvalue weighted by atomic mass is 16.6. The molecular weight excluding hydrogens is 330 g/mol. The first-order chi connectivity index (χ1) is 11.9. The standard InChI is InChI=1S/C16H13N3O6/c1-25-16(20)14(9-11-5-3-2-4-6-11)17-13-8-7-12(18(21)22)10-15(13)19(23)24/h2-10,17H,1H3/b14-9+. The molecule has 0 unspecified atom stereocenters. The van der Waals surface area contributed by atoms with E-state index in [2.05, 4.69) is 10.1 Å². The Morgan fingerprint density at radius 2 is 1.76 bits per heavy atom. The molecule has 0 aromatic heterocycles. The summed E-state index contributed by atoms with van der Waals surface area (Å²) in [5.41, 5.74) is -0.408. The zero-order valence-corrected chi connectivity index (χ0v) is 13.0. The van der Waals surface area contributed by atoms with Gasteiger partial charge in [-0.15, -0.1) is 0 Å². The zero-order chi connectivity index (χ0) is 18.4. The molecule has 0 saturated heterocycles. The predicted molar refractivity (Wildman–Crippen MR) is 89.8 cm³/mol. The van der Waals surface area contributed by atoms with E-state index in [-0.39, 0.29) is 11.4 Å². The maximum Gasteiger partial charge on any atom is 0.354 e. The summed E-state index contributed by atoms with van der Waals surface area (Å²) in [6, 6.07) is 11.9. The maximum absolute atomic E-state index is 11.9. The summed E-state index contributed by atoms with van der Waals surface area (Å²) in [4.78, 5) is 32.4. The van der Waals surface area contributed by atoms with Crippen LogP contribution in [0.3, 0.4) is 0 Å². The number of nitrogens with zero attached hydrogens (tertiary/aromatic N) is 2. The van der Waals surface area contributed by atoms with Crippen molar-refractivity contribution in [3.05, 3.63) is 80.0 Å². The molecule has 0 aliphatic heterocycles. The van der Waals surface area contributed by atoms with Crippen LogP contribution in [0.1, 0.15) is 5.56 Å². The van der Waals surface area contributed by atoms with Gasteiger partial charge < -0.3 is 10.1 Å². The van der Waals surface area contributed by atoms with Crippen molar-refractivity contribution in [2.45, 2.75) is 0 Å². The van der Waals surface area contributed by atoms with E-state index in [1.54, 1.807) is 30.3 Å². The molecule has 2 aromatic rings. The molecule has 0 atom stereocenters. The first-order valence-corrected chi connectivity index (χ1v) is 6.97. The fourth-order valence-electron chi connectivity index (χ4n) is 2.01. The normalized spacial score (nSPS) is 10.8. The molecule has 9 nitrogen and oxygen atoms in total. The number of rotatable bonds is 6. The lowest BCUT2D eigenvalue weighted by Crippen LogP contribution is -2.14. The molecule has 0 bridgehead atoms. The summed E-state index contributed by atoms with van der Waals surface area (Å²) in [6.45, 7) is 0. The topological polar surface area (TPSA) is 125 Å². The average molecular weight is 343 g/mol. The molecule has 0 radical (unpaired) electrons. The van der Waals surface area contributed by atoms with E-state index in [0.29, 0.717) is 5.56 Å². The van der Waals surface area contributed by atoms with Gasteiger partial charge >= 0.3 is 5.97 Å². The Labute approximate surface area is 141 Å². The molecule has 0 spiro atoms. The molecule has 0 saturated carbocycles. The number of carbonyl (C=O) groups excluding carboxylic acids is 1. The summed E-state index contributed by atoms with van der Waals surface area (Å²) >= 11 is 0. The largest absolute Gasteiger partial charge is 0.464 e. The van der Waals surface area contributed by atoms with Crippen LogP contribution in [0, 0.1) is 20.2 Å². The van der Waals surface area contributed by atoms with Crippen LogP contribution in [0.4, 0.5) is 17.1 Å². The van der Waals surface area contributed by atoms with Crippen LogP contribution < -0.4 is 5.32 Å². The number of benzene rings is 2. The van der Waals surface area contributed by atoms with Gasteiger partial charge in [0.05, 0.1) is 23.0 Å². The molecule has 128 valence electrons. The molecule has 0 aliphatic rings. The van der Waals surface area contributed by atoms with E-state index in [9.17, 15) is 25.0 Å². The smallest absolute Gasteiger partial charge is 0.354 e. The Balaban J connectivity index is 2.45. The molecule has 25 heavy (non-hydrogen) atoms. The quantitative estimate of drug-likeness (QED) is 0.370. The predicted octanol–water partition coefficient (Wildman–Crippen LogP) is 3.13. The number of hydrogen-bond acceptors (Lipinski definition) is 7. The van der Waals surface area contributed by atoms with Gasteiger partial charge in [-0.05, 0) is 17.7 Å². The van der Waals surface area contributed by atoms with Gasteiger partial charge in [-0.1, -0.05) is 30.3 Å². The molecule has 2 aromatic carbocycles. The van der Waals surface area contributed by atoms with Crippen LogP contribution >= 0.6 is 0 Å². The third kappa shape index (κ3) is 4.38. The van der Waals surface area contributed by atoms with Crippen LogP contribution in [0.2, 0.25) is 0 Å². The third-order valence-electron chi connectivity index (χ3n) is 3.17. The number of nitro groups is 2. The van der Waals surface area contributed by atoms with E-state index in [4.69, 9.17) is 0 Å². The molecular formula is C16H13N3O6. The SMILES string of the molecule is COC(=O)/C(=C\c1ccccc1)Nc1ccc([N+](=O)[O-])cc1[N+](=O)[O-]. The van der Waals surface area contributed by atoms with Gasteiger partial charge in [0.15, 0.2) is 0 Å². The second-order valence-electron chi connectivity index (χ2n) is 4.80. The Bertz CT molecular complexity index is 848. The molecule has 0 aliphatic carbocycles. The minimum Gasteiger partial charge on any atom is -0.464 e. The van der Waals surface area contributed by atoms with Crippen LogP contribution in [0.5, 0.6) is 0 Å². The van der Waals surface area contributed by atoms with Crippen molar-refractivity contribution in [3.8, 4) is 0 Å². The molecule has 9 heteroatoms. The fraction of sp³-hybridized carbons (Fsp3) is 0.0625. The molecule has 2 rings (SSSR count). The van der Waals surface area contributed by atoms with E-state index in [1.165, 1.54) is 13.2 Å². The zero-order valence-electron chi connectivity index (χ0n) is 13.0.